The van der Waals surface area contributed by atoms with Gasteiger partial charge in [-0.15, -0.1) is 0 Å². The van der Waals surface area contributed by atoms with Crippen LogP contribution in [-0.2, 0) is 0 Å². The lowest BCUT2D eigenvalue weighted by Crippen LogP contribution is -2.48. The normalized spacial score (nSPS) is 19.3. The van der Waals surface area contributed by atoms with Crippen LogP contribution in [0.4, 0.5) is 14.9 Å². The summed E-state index contributed by atoms with van der Waals surface area (Å²) in [5, 5.41) is 5.84. The molecule has 1 aliphatic heterocycles. The van der Waals surface area contributed by atoms with Crippen LogP contribution in [-0.4, -0.2) is 37.1 Å². The Morgan fingerprint density at radius 1 is 1.50 bits per heavy atom. The van der Waals surface area contributed by atoms with Gasteiger partial charge in [0.15, 0.2) is 0 Å². The molecule has 1 aromatic rings. The van der Waals surface area contributed by atoms with Gasteiger partial charge in [0.2, 0.25) is 0 Å². The van der Waals surface area contributed by atoms with E-state index in [1.54, 1.807) is 30.1 Å². The van der Waals surface area contributed by atoms with Gasteiger partial charge in [-0.05, 0) is 31.5 Å². The van der Waals surface area contributed by atoms with Crippen molar-refractivity contribution in [3.8, 4) is 0 Å². The number of piperidine rings is 1. The summed E-state index contributed by atoms with van der Waals surface area (Å²) in [5.41, 5.74) is 0.220. The fourth-order valence-electron chi connectivity index (χ4n) is 2.10. The molecule has 2 rings (SSSR count). The van der Waals surface area contributed by atoms with E-state index in [1.165, 1.54) is 6.07 Å². The van der Waals surface area contributed by atoms with E-state index >= 15 is 0 Å². The number of nitrogens with one attached hydrogen (secondary N) is 2. The molecule has 1 aromatic carbocycles. The SMILES string of the molecule is CN(C(=O)Nc1ccccc1F)C1CCCNC1. The average Bonchev–Trinajstić information content (AvgIpc) is 2.41. The molecule has 5 heteroatoms. The van der Waals surface area contributed by atoms with Crippen LogP contribution in [0, 0.1) is 5.82 Å². The first kappa shape index (κ1) is 12.8. The molecule has 0 aromatic heterocycles. The molecule has 0 spiro atoms. The molecule has 1 fully saturated rings. The van der Waals surface area contributed by atoms with E-state index in [9.17, 15) is 9.18 Å². The monoisotopic (exact) mass is 251 g/mol. The van der Waals surface area contributed by atoms with E-state index in [4.69, 9.17) is 0 Å². The third kappa shape index (κ3) is 2.98. The molecule has 4 nitrogen and oxygen atoms in total. The van der Waals surface area contributed by atoms with Gasteiger partial charge >= 0.3 is 6.03 Å². The summed E-state index contributed by atoms with van der Waals surface area (Å²) in [5.74, 6) is -0.416. The zero-order valence-electron chi connectivity index (χ0n) is 10.4. The first-order chi connectivity index (χ1) is 8.68. The lowest BCUT2D eigenvalue weighted by atomic mass is 10.1. The number of carbonyl (C=O) groups is 1. The number of nitrogens with zero attached hydrogens (tertiary/aromatic N) is 1. The number of likely N-dealkylation sites (N-methyl/N-ethyl adjacent to an activating group) is 1. The number of anilines is 1. The molecule has 1 heterocycles. The molecule has 0 bridgehead atoms. The number of carbonyl (C=O) groups excluding carboxylic acids is 1. The van der Waals surface area contributed by atoms with Crippen LogP contribution in [0.15, 0.2) is 24.3 Å². The van der Waals surface area contributed by atoms with E-state index in [0.717, 1.165) is 25.9 Å². The van der Waals surface area contributed by atoms with Crippen LogP contribution < -0.4 is 10.6 Å². The molecule has 0 radical (unpaired) electrons. The Hall–Kier alpha value is -1.62. The minimum Gasteiger partial charge on any atom is -0.323 e. The summed E-state index contributed by atoms with van der Waals surface area (Å²) < 4.78 is 13.4. The molecule has 2 amide bonds. The summed E-state index contributed by atoms with van der Waals surface area (Å²) in [4.78, 5) is 13.6. The smallest absolute Gasteiger partial charge is 0.321 e. The lowest BCUT2D eigenvalue weighted by molar-refractivity contribution is 0.191. The fraction of sp³-hybridized carbons (Fsp3) is 0.462. The Morgan fingerprint density at radius 3 is 2.94 bits per heavy atom. The van der Waals surface area contributed by atoms with Crippen LogP contribution >= 0.6 is 0 Å². The van der Waals surface area contributed by atoms with E-state index in [-0.39, 0.29) is 17.8 Å². The van der Waals surface area contributed by atoms with Gasteiger partial charge in [0, 0.05) is 19.6 Å². The number of urea groups is 1. The first-order valence-corrected chi connectivity index (χ1v) is 6.17. The number of amides is 2. The van der Waals surface area contributed by atoms with Crippen molar-refractivity contribution in [3.63, 3.8) is 0 Å². The second-order valence-corrected chi connectivity index (χ2v) is 4.52. The molecule has 0 saturated carbocycles. The average molecular weight is 251 g/mol. The van der Waals surface area contributed by atoms with Crippen LogP contribution in [0.5, 0.6) is 0 Å². The third-order valence-corrected chi connectivity index (χ3v) is 3.25. The van der Waals surface area contributed by atoms with Crippen LogP contribution in [0.2, 0.25) is 0 Å². The topological polar surface area (TPSA) is 44.4 Å². The van der Waals surface area contributed by atoms with Crippen molar-refractivity contribution >= 4 is 11.7 Å². The number of para-hydroxylation sites is 1. The maximum atomic E-state index is 13.4. The van der Waals surface area contributed by atoms with Gasteiger partial charge in [-0.1, -0.05) is 12.1 Å². The van der Waals surface area contributed by atoms with E-state index in [0.29, 0.717) is 0 Å². The molecular weight excluding hydrogens is 233 g/mol. The van der Waals surface area contributed by atoms with Gasteiger partial charge in [-0.3, -0.25) is 0 Å². The standard InChI is InChI=1S/C13H18FN3O/c1-17(10-5-4-8-15-9-10)13(18)16-12-7-3-2-6-11(12)14/h2-3,6-7,10,15H,4-5,8-9H2,1H3,(H,16,18). The molecule has 1 unspecified atom stereocenters. The highest BCUT2D eigenvalue weighted by Crippen LogP contribution is 2.15. The van der Waals surface area contributed by atoms with Crippen molar-refractivity contribution < 1.29 is 9.18 Å². The van der Waals surface area contributed by atoms with E-state index in [2.05, 4.69) is 10.6 Å². The summed E-state index contributed by atoms with van der Waals surface area (Å²) in [6.07, 6.45) is 2.04. The second-order valence-electron chi connectivity index (χ2n) is 4.52. The van der Waals surface area contributed by atoms with Crippen molar-refractivity contribution in [2.24, 2.45) is 0 Å². The maximum Gasteiger partial charge on any atom is 0.321 e. The van der Waals surface area contributed by atoms with E-state index < -0.39 is 5.82 Å². The molecule has 18 heavy (non-hydrogen) atoms. The maximum absolute atomic E-state index is 13.4. The van der Waals surface area contributed by atoms with Gasteiger partial charge in [-0.2, -0.15) is 0 Å². The Bertz CT molecular complexity index is 418. The van der Waals surface area contributed by atoms with Crippen LogP contribution in [0.1, 0.15) is 12.8 Å². The largest absolute Gasteiger partial charge is 0.323 e. The van der Waals surface area contributed by atoms with Crippen LogP contribution in [0.25, 0.3) is 0 Å². The molecule has 98 valence electrons. The van der Waals surface area contributed by atoms with Crippen molar-refractivity contribution in [1.29, 1.82) is 0 Å². The molecule has 1 aliphatic rings. The summed E-state index contributed by atoms with van der Waals surface area (Å²) in [7, 11) is 1.74. The van der Waals surface area contributed by atoms with Gasteiger partial charge in [0.05, 0.1) is 5.69 Å². The van der Waals surface area contributed by atoms with Crippen molar-refractivity contribution in [2.75, 3.05) is 25.5 Å². The van der Waals surface area contributed by atoms with Gasteiger partial charge < -0.3 is 15.5 Å². The molecule has 1 atom stereocenters. The predicted octanol–water partition coefficient (Wildman–Crippen LogP) is 2.04. The summed E-state index contributed by atoms with van der Waals surface area (Å²) >= 11 is 0. The number of rotatable bonds is 2. The number of hydrogen-bond acceptors (Lipinski definition) is 2. The number of halogens is 1. The van der Waals surface area contributed by atoms with Crippen molar-refractivity contribution in [1.82, 2.24) is 10.2 Å². The Morgan fingerprint density at radius 2 is 2.28 bits per heavy atom. The summed E-state index contributed by atoms with van der Waals surface area (Å²) in [6, 6.07) is 6.08. The second kappa shape index (κ2) is 5.82. The Kier molecular flexibility index (Phi) is 4.15. The third-order valence-electron chi connectivity index (χ3n) is 3.25. The quantitative estimate of drug-likeness (QED) is 0.845. The van der Waals surface area contributed by atoms with E-state index in [1.807, 2.05) is 0 Å². The number of hydrogen-bond donors (Lipinski definition) is 2. The van der Waals surface area contributed by atoms with Gasteiger partial charge in [0.1, 0.15) is 5.82 Å². The van der Waals surface area contributed by atoms with Crippen LogP contribution in [0.3, 0.4) is 0 Å². The molecular formula is C13H18FN3O. The highest BCUT2D eigenvalue weighted by molar-refractivity contribution is 5.89. The summed E-state index contributed by atoms with van der Waals surface area (Å²) in [6.45, 7) is 1.79. The Balaban J connectivity index is 1.97. The molecule has 0 aliphatic carbocycles. The highest BCUT2D eigenvalue weighted by Gasteiger charge is 2.22. The predicted molar refractivity (Wildman–Crippen MR) is 69.1 cm³/mol. The highest BCUT2D eigenvalue weighted by atomic mass is 19.1. The minimum atomic E-state index is -0.416. The Labute approximate surface area is 106 Å². The van der Waals surface area contributed by atoms with Gasteiger partial charge in [-0.25, -0.2) is 9.18 Å². The zero-order chi connectivity index (χ0) is 13.0. The first-order valence-electron chi connectivity index (χ1n) is 6.17. The lowest BCUT2D eigenvalue weighted by Gasteiger charge is -2.31. The number of benzene rings is 1. The van der Waals surface area contributed by atoms with Crippen molar-refractivity contribution in [3.05, 3.63) is 30.1 Å². The van der Waals surface area contributed by atoms with Gasteiger partial charge in [0.25, 0.3) is 0 Å². The van der Waals surface area contributed by atoms with Crippen molar-refractivity contribution in [2.45, 2.75) is 18.9 Å². The zero-order valence-corrected chi connectivity index (χ0v) is 10.4. The molecule has 2 N–H and O–H groups in total. The molecule has 1 saturated heterocycles. The fourth-order valence-corrected chi connectivity index (χ4v) is 2.10. The minimum absolute atomic E-state index is 0.172.